The Morgan fingerprint density at radius 1 is 1.35 bits per heavy atom. The molecule has 9 nitrogen and oxygen atoms in total. The second kappa shape index (κ2) is 9.20. The monoisotopic (exact) mass is 427 g/mol. The maximum absolute atomic E-state index is 12.9. The quantitative estimate of drug-likeness (QED) is 0.659. The van der Waals surface area contributed by atoms with E-state index in [-0.39, 0.29) is 17.5 Å². The summed E-state index contributed by atoms with van der Waals surface area (Å²) < 4.78 is 5.33. The molecule has 0 saturated carbocycles. The van der Waals surface area contributed by atoms with Crippen LogP contribution in [0.2, 0.25) is 0 Å². The molecule has 1 atom stereocenters. The van der Waals surface area contributed by atoms with E-state index >= 15 is 0 Å². The fourth-order valence-electron chi connectivity index (χ4n) is 3.60. The first-order valence-corrected chi connectivity index (χ1v) is 10.4. The number of carboxylic acids is 1. The van der Waals surface area contributed by atoms with Crippen molar-refractivity contribution in [2.24, 2.45) is 5.92 Å². The van der Waals surface area contributed by atoms with Crippen LogP contribution in [0.3, 0.4) is 0 Å². The summed E-state index contributed by atoms with van der Waals surface area (Å²) in [6, 6.07) is 4.27. The van der Waals surface area contributed by atoms with Crippen molar-refractivity contribution in [3.05, 3.63) is 30.0 Å². The van der Waals surface area contributed by atoms with E-state index < -0.39 is 5.97 Å². The number of anilines is 4. The molecule has 0 bridgehead atoms. The van der Waals surface area contributed by atoms with E-state index in [1.807, 2.05) is 6.92 Å². The number of hydrogen-bond acceptors (Lipinski definition) is 7. The molecule has 0 unspecified atom stereocenters. The number of amides is 1. The highest BCUT2D eigenvalue weighted by molar-refractivity contribution is 6.04. The number of nitrogens with zero attached hydrogens (tertiary/aromatic N) is 4. The number of carboxylic acid groups (broad SMARTS) is 1. The van der Waals surface area contributed by atoms with E-state index in [4.69, 9.17) is 9.72 Å². The van der Waals surface area contributed by atoms with Crippen molar-refractivity contribution >= 4 is 35.0 Å². The minimum atomic E-state index is -1.03. The Kier molecular flexibility index (Phi) is 6.62. The van der Waals surface area contributed by atoms with Crippen LogP contribution in [-0.2, 0) is 4.79 Å². The predicted molar refractivity (Wildman–Crippen MR) is 120 cm³/mol. The van der Waals surface area contributed by atoms with Gasteiger partial charge in [0.2, 0.25) is 11.9 Å². The van der Waals surface area contributed by atoms with Crippen LogP contribution in [0, 0.1) is 5.92 Å². The fraction of sp³-hybridized carbons (Fsp3) is 0.455. The van der Waals surface area contributed by atoms with Crippen molar-refractivity contribution in [3.8, 4) is 5.75 Å². The van der Waals surface area contributed by atoms with E-state index in [1.54, 1.807) is 24.2 Å². The van der Waals surface area contributed by atoms with E-state index in [9.17, 15) is 14.7 Å². The molecule has 0 radical (unpaired) electrons. The van der Waals surface area contributed by atoms with E-state index in [1.165, 1.54) is 19.2 Å². The number of aromatic nitrogens is 2. The molecule has 1 aromatic heterocycles. The average molecular weight is 428 g/mol. The molecule has 0 spiro atoms. The molecule has 2 aromatic rings. The number of nitrogens with one attached hydrogen (secondary N) is 1. The minimum Gasteiger partial charge on any atom is -0.495 e. The third-order valence-corrected chi connectivity index (χ3v) is 5.40. The Labute approximate surface area is 182 Å². The van der Waals surface area contributed by atoms with E-state index in [0.29, 0.717) is 41.2 Å². The molecule has 2 heterocycles. The number of rotatable bonds is 8. The number of aromatic carboxylic acids is 1. The Bertz CT molecular complexity index is 978. The Balaban J connectivity index is 1.98. The fourth-order valence-corrected chi connectivity index (χ4v) is 3.60. The zero-order chi connectivity index (χ0) is 22.7. The number of likely N-dealkylation sites (N-methyl/N-ethyl adjacent to an activating group) is 1. The molecule has 0 fully saturated rings. The van der Waals surface area contributed by atoms with Gasteiger partial charge in [-0.3, -0.25) is 4.79 Å². The summed E-state index contributed by atoms with van der Waals surface area (Å²) >= 11 is 0. The first kappa shape index (κ1) is 22.3. The topological polar surface area (TPSA) is 108 Å². The lowest BCUT2D eigenvalue weighted by atomic mass is 10.0. The molecule has 3 rings (SSSR count). The lowest BCUT2D eigenvalue weighted by molar-refractivity contribution is -0.120. The van der Waals surface area contributed by atoms with Crippen LogP contribution in [0.25, 0.3) is 0 Å². The van der Waals surface area contributed by atoms with Crippen LogP contribution in [0.1, 0.15) is 44.0 Å². The zero-order valence-corrected chi connectivity index (χ0v) is 18.5. The predicted octanol–water partition coefficient (Wildman–Crippen LogP) is 3.53. The number of carbonyl (C=O) groups excluding carboxylic acids is 1. The van der Waals surface area contributed by atoms with Crippen molar-refractivity contribution in [1.29, 1.82) is 0 Å². The summed E-state index contributed by atoms with van der Waals surface area (Å²) in [6.07, 6.45) is 3.25. The first-order valence-electron chi connectivity index (χ1n) is 10.4. The smallest absolute Gasteiger partial charge is 0.335 e. The van der Waals surface area contributed by atoms with Crippen LogP contribution >= 0.6 is 0 Å². The van der Waals surface area contributed by atoms with Gasteiger partial charge < -0.3 is 25.0 Å². The van der Waals surface area contributed by atoms with E-state index in [2.05, 4.69) is 29.0 Å². The van der Waals surface area contributed by atoms with Crippen LogP contribution < -0.4 is 19.9 Å². The third-order valence-electron chi connectivity index (χ3n) is 5.40. The van der Waals surface area contributed by atoms with Crippen LogP contribution in [0.5, 0.6) is 5.75 Å². The highest BCUT2D eigenvalue weighted by Gasteiger charge is 2.36. The van der Waals surface area contributed by atoms with Crippen molar-refractivity contribution in [3.63, 3.8) is 0 Å². The molecule has 2 N–H and O–H groups in total. The number of ether oxygens (including phenoxy) is 1. The minimum absolute atomic E-state index is 0.0361. The molecule has 1 aliphatic rings. The van der Waals surface area contributed by atoms with Crippen molar-refractivity contribution in [1.82, 2.24) is 9.97 Å². The lowest BCUT2D eigenvalue weighted by Crippen LogP contribution is -2.53. The highest BCUT2D eigenvalue weighted by atomic mass is 16.5. The molecule has 1 aliphatic heterocycles. The molecule has 166 valence electrons. The van der Waals surface area contributed by atoms with Crippen LogP contribution in [0.4, 0.5) is 23.1 Å². The van der Waals surface area contributed by atoms with Gasteiger partial charge in [-0.1, -0.05) is 20.8 Å². The molecule has 1 amide bonds. The maximum atomic E-state index is 12.9. The molecule has 1 aromatic carbocycles. The molecular weight excluding hydrogens is 398 g/mol. The number of methoxy groups -OCH3 is 1. The van der Waals surface area contributed by atoms with Gasteiger partial charge in [-0.2, -0.15) is 4.98 Å². The second-order valence-electron chi connectivity index (χ2n) is 7.94. The Hall–Kier alpha value is -3.36. The van der Waals surface area contributed by atoms with Crippen molar-refractivity contribution in [2.75, 3.05) is 35.8 Å². The second-order valence-corrected chi connectivity index (χ2v) is 7.94. The molecule has 0 saturated heterocycles. The van der Waals surface area contributed by atoms with Gasteiger partial charge in [0.25, 0.3) is 0 Å². The number of hydrogen-bond donors (Lipinski definition) is 2. The van der Waals surface area contributed by atoms with Gasteiger partial charge in [-0.25, -0.2) is 9.78 Å². The summed E-state index contributed by atoms with van der Waals surface area (Å²) in [5.41, 5.74) is 1.34. The normalized spacial score (nSPS) is 15.8. The van der Waals surface area contributed by atoms with Gasteiger partial charge in [0.05, 0.1) is 24.6 Å². The molecule has 0 aliphatic carbocycles. The van der Waals surface area contributed by atoms with Gasteiger partial charge in [0, 0.05) is 13.6 Å². The van der Waals surface area contributed by atoms with E-state index in [0.717, 1.165) is 13.0 Å². The number of carbonyl (C=O) groups is 2. The summed E-state index contributed by atoms with van der Waals surface area (Å²) in [5, 5.41) is 12.3. The Morgan fingerprint density at radius 3 is 2.71 bits per heavy atom. The maximum Gasteiger partial charge on any atom is 0.335 e. The summed E-state index contributed by atoms with van der Waals surface area (Å²) in [4.78, 5) is 36.9. The molecule has 31 heavy (non-hydrogen) atoms. The largest absolute Gasteiger partial charge is 0.495 e. The summed E-state index contributed by atoms with van der Waals surface area (Å²) in [7, 11) is 3.22. The van der Waals surface area contributed by atoms with Crippen molar-refractivity contribution in [2.45, 2.75) is 39.7 Å². The highest BCUT2D eigenvalue weighted by Crippen LogP contribution is 2.36. The first-order chi connectivity index (χ1) is 14.8. The van der Waals surface area contributed by atoms with Gasteiger partial charge in [0.1, 0.15) is 17.5 Å². The van der Waals surface area contributed by atoms with Crippen LogP contribution in [-0.4, -0.2) is 53.7 Å². The standard InChI is InChI=1S/C22H29N5O4/c1-6-16-20(28)26(4)17-12-23-22(25-19(17)27(16)10-9-13(2)3)24-15-8-7-14(21(29)30)11-18(15)31-5/h7-8,11-13,16H,6,9-10H2,1-5H3,(H,29,30)(H,23,24,25)/t16-/m1/s1. The van der Waals surface area contributed by atoms with Gasteiger partial charge in [-0.05, 0) is 37.0 Å². The van der Waals surface area contributed by atoms with Gasteiger partial charge in [-0.15, -0.1) is 0 Å². The van der Waals surface area contributed by atoms with Gasteiger partial charge in [0.15, 0.2) is 5.82 Å². The number of benzene rings is 1. The zero-order valence-electron chi connectivity index (χ0n) is 18.5. The SMILES string of the molecule is CC[C@@H]1C(=O)N(C)c2cnc(Nc3ccc(C(=O)O)cc3OC)nc2N1CCC(C)C. The third kappa shape index (κ3) is 4.55. The molecule has 9 heteroatoms. The van der Waals surface area contributed by atoms with Crippen molar-refractivity contribution < 1.29 is 19.4 Å². The number of fused-ring (bicyclic) bond motifs is 1. The Morgan fingerprint density at radius 2 is 2.10 bits per heavy atom. The lowest BCUT2D eigenvalue weighted by Gasteiger charge is -2.40. The summed E-state index contributed by atoms with van der Waals surface area (Å²) in [5.74, 6) is 0.909. The average Bonchev–Trinajstić information content (AvgIpc) is 2.75. The molecular formula is C22H29N5O4. The van der Waals surface area contributed by atoms with Gasteiger partial charge >= 0.3 is 5.97 Å². The van der Waals surface area contributed by atoms with Crippen LogP contribution in [0.15, 0.2) is 24.4 Å². The summed E-state index contributed by atoms with van der Waals surface area (Å²) in [6.45, 7) is 7.02.